The predicted molar refractivity (Wildman–Crippen MR) is 43.1 cm³/mol. The molecule has 0 aromatic heterocycles. The molecule has 0 bridgehead atoms. The van der Waals surface area contributed by atoms with E-state index in [4.69, 9.17) is 0 Å². The van der Waals surface area contributed by atoms with E-state index in [-0.39, 0.29) is 0 Å². The lowest BCUT2D eigenvalue weighted by atomic mass is 10.8. The van der Waals surface area contributed by atoms with E-state index >= 15 is 0 Å². The maximum atomic E-state index is 3.71. The van der Waals surface area contributed by atoms with Gasteiger partial charge in [-0.15, -0.1) is 12.6 Å². The monoisotopic (exact) mass is 143 g/mol. The zero-order valence-corrected chi connectivity index (χ0v) is 5.86. The van der Waals surface area contributed by atoms with E-state index in [1.54, 1.807) is 0 Å². The molecule has 4 heteroatoms. The molecule has 0 aromatic rings. The van der Waals surface area contributed by atoms with Gasteiger partial charge in [0, 0.05) is 0 Å². The number of thiol groups is 1. The van der Waals surface area contributed by atoms with Gasteiger partial charge in [-0.1, -0.05) is 13.2 Å². The fraction of sp³-hybridized carbons (Fsp3) is 0. The van der Waals surface area contributed by atoms with Gasteiger partial charge in [0.1, 0.15) is 5.82 Å². The third-order valence-corrected chi connectivity index (χ3v) is 0.649. The molecular weight excluding hydrogens is 134 g/mol. The summed E-state index contributed by atoms with van der Waals surface area (Å²) >= 11 is 3.71. The van der Waals surface area contributed by atoms with Gasteiger partial charge in [0.2, 0.25) is 0 Å². The first-order valence-electron chi connectivity index (χ1n) is 2.29. The number of nitrogens with zero attached hydrogens (tertiary/aromatic N) is 1. The van der Waals surface area contributed by atoms with Crippen LogP contribution in [-0.4, -0.2) is 5.55 Å². The highest BCUT2D eigenvalue weighted by molar-refractivity contribution is 7.94. The molecule has 9 heavy (non-hydrogen) atoms. The van der Waals surface area contributed by atoms with E-state index in [0.717, 1.165) is 0 Å². The van der Waals surface area contributed by atoms with E-state index in [0.29, 0.717) is 5.82 Å². The molecule has 0 aliphatic heterocycles. The molecule has 2 N–H and O–H groups in total. The number of nitrogens with one attached hydrogen (secondary N) is 2. The molecule has 3 nitrogen and oxygen atoms in total. The minimum atomic E-state index is 0.565. The zero-order valence-electron chi connectivity index (χ0n) is 4.96. The van der Waals surface area contributed by atoms with E-state index in [1.807, 2.05) is 0 Å². The summed E-state index contributed by atoms with van der Waals surface area (Å²) in [6.07, 6.45) is 1.50. The quantitative estimate of drug-likeness (QED) is 0.234. The molecule has 0 aliphatic rings. The molecule has 0 fully saturated rings. The second-order valence-electron chi connectivity index (χ2n) is 1.18. The molecule has 0 heterocycles. The van der Waals surface area contributed by atoms with Crippen LogP contribution in [0.15, 0.2) is 30.3 Å². The number of hydrazone groups is 1. The molecule has 50 valence electrons. The van der Waals surface area contributed by atoms with Crippen molar-refractivity contribution in [2.75, 3.05) is 0 Å². The smallest absolute Gasteiger partial charge is 0.116 e. The van der Waals surface area contributed by atoms with Crippen molar-refractivity contribution in [3.63, 3.8) is 0 Å². The van der Waals surface area contributed by atoms with Gasteiger partial charge in [-0.2, -0.15) is 5.10 Å². The minimum Gasteiger partial charge on any atom is -0.348 e. The second-order valence-corrected chi connectivity index (χ2v) is 1.41. The molecule has 0 aliphatic carbocycles. The van der Waals surface area contributed by atoms with Gasteiger partial charge in [-0.3, -0.25) is 5.43 Å². The third-order valence-electron chi connectivity index (χ3n) is 0.534. The van der Waals surface area contributed by atoms with Crippen molar-refractivity contribution >= 4 is 18.2 Å². The Morgan fingerprint density at radius 2 is 2.33 bits per heavy atom. The predicted octanol–water partition coefficient (Wildman–Crippen LogP) is 0.653. The van der Waals surface area contributed by atoms with Gasteiger partial charge in [0.15, 0.2) is 0 Å². The molecule has 0 saturated carbocycles. The van der Waals surface area contributed by atoms with Crippen LogP contribution in [0, 0.1) is 0 Å². The SMILES string of the molecule is C=CNC(=C)N/N=C\S. The lowest BCUT2D eigenvalue weighted by molar-refractivity contribution is 0.819. The lowest BCUT2D eigenvalue weighted by Crippen LogP contribution is -2.15. The van der Waals surface area contributed by atoms with Gasteiger partial charge in [0.25, 0.3) is 0 Å². The zero-order chi connectivity index (χ0) is 7.11. The summed E-state index contributed by atoms with van der Waals surface area (Å²) in [6.45, 7) is 6.97. The highest BCUT2D eigenvalue weighted by atomic mass is 32.1. The van der Waals surface area contributed by atoms with Gasteiger partial charge >= 0.3 is 0 Å². The maximum Gasteiger partial charge on any atom is 0.116 e. The van der Waals surface area contributed by atoms with Crippen molar-refractivity contribution in [1.29, 1.82) is 0 Å². The van der Waals surface area contributed by atoms with Crippen molar-refractivity contribution in [1.82, 2.24) is 10.7 Å². The first-order chi connectivity index (χ1) is 4.31. The molecule has 0 rings (SSSR count). The van der Waals surface area contributed by atoms with Crippen LogP contribution >= 0.6 is 12.6 Å². The van der Waals surface area contributed by atoms with E-state index in [2.05, 4.69) is 41.6 Å². The van der Waals surface area contributed by atoms with E-state index in [1.165, 1.54) is 11.7 Å². The van der Waals surface area contributed by atoms with Gasteiger partial charge in [0.05, 0.1) is 5.55 Å². The van der Waals surface area contributed by atoms with E-state index < -0.39 is 0 Å². The Bertz CT molecular complexity index is 130. The molecule has 0 saturated heterocycles. The Hall–Kier alpha value is -0.900. The van der Waals surface area contributed by atoms with Crippen molar-refractivity contribution < 1.29 is 0 Å². The van der Waals surface area contributed by atoms with Crippen LogP contribution in [0.4, 0.5) is 0 Å². The van der Waals surface area contributed by atoms with Crippen molar-refractivity contribution in [3.05, 3.63) is 25.2 Å². The Labute approximate surface area is 59.9 Å². The summed E-state index contributed by atoms with van der Waals surface area (Å²) in [4.78, 5) is 0. The van der Waals surface area contributed by atoms with Gasteiger partial charge in [-0.25, -0.2) is 0 Å². The first kappa shape index (κ1) is 8.10. The van der Waals surface area contributed by atoms with Gasteiger partial charge in [-0.05, 0) is 6.20 Å². The summed E-state index contributed by atoms with van der Waals surface area (Å²) in [5, 5.41) is 6.26. The first-order valence-corrected chi connectivity index (χ1v) is 2.81. The minimum absolute atomic E-state index is 0.565. The van der Waals surface area contributed by atoms with Crippen LogP contribution in [0.3, 0.4) is 0 Å². The Morgan fingerprint density at radius 3 is 2.78 bits per heavy atom. The Balaban J connectivity index is 3.38. The summed E-state index contributed by atoms with van der Waals surface area (Å²) < 4.78 is 0. The van der Waals surface area contributed by atoms with E-state index in [9.17, 15) is 0 Å². The summed E-state index contributed by atoms with van der Waals surface area (Å²) in [6, 6.07) is 0. The average Bonchev–Trinajstić information content (AvgIpc) is 1.85. The molecule has 0 spiro atoms. The van der Waals surface area contributed by atoms with Gasteiger partial charge < -0.3 is 5.32 Å². The number of rotatable bonds is 4. The van der Waals surface area contributed by atoms with Crippen LogP contribution in [0.5, 0.6) is 0 Å². The van der Waals surface area contributed by atoms with Crippen LogP contribution in [0.1, 0.15) is 0 Å². The van der Waals surface area contributed by atoms with Crippen molar-refractivity contribution in [2.24, 2.45) is 5.10 Å². The number of hydrogen-bond donors (Lipinski definition) is 3. The second kappa shape index (κ2) is 5.24. The van der Waals surface area contributed by atoms with Crippen LogP contribution in [-0.2, 0) is 0 Å². The highest BCUT2D eigenvalue weighted by Gasteiger charge is 1.79. The van der Waals surface area contributed by atoms with Crippen molar-refractivity contribution in [2.45, 2.75) is 0 Å². The molecule has 0 unspecified atom stereocenters. The number of hydrogen-bond acceptors (Lipinski definition) is 3. The molecule has 0 aromatic carbocycles. The third kappa shape index (κ3) is 4.96. The Morgan fingerprint density at radius 1 is 1.67 bits per heavy atom. The summed E-state index contributed by atoms with van der Waals surface area (Å²) in [5.74, 6) is 0.565. The topological polar surface area (TPSA) is 36.4 Å². The van der Waals surface area contributed by atoms with Crippen molar-refractivity contribution in [3.8, 4) is 0 Å². The molecule has 0 amide bonds. The molecule has 0 radical (unpaired) electrons. The standard InChI is InChI=1S/C5H9N3S/c1-3-6-5(2)8-7-4-9/h3-4,6,8H,1-2H2,(H,7,9). The summed E-state index contributed by atoms with van der Waals surface area (Å²) in [7, 11) is 0. The highest BCUT2D eigenvalue weighted by Crippen LogP contribution is 1.74. The largest absolute Gasteiger partial charge is 0.348 e. The van der Waals surface area contributed by atoms with Crippen LogP contribution in [0.25, 0.3) is 0 Å². The van der Waals surface area contributed by atoms with Crippen LogP contribution in [0.2, 0.25) is 0 Å². The fourth-order valence-corrected chi connectivity index (χ4v) is 0.320. The molecule has 0 atom stereocenters. The fourth-order valence-electron chi connectivity index (χ4n) is 0.262. The van der Waals surface area contributed by atoms with Crippen LogP contribution < -0.4 is 10.7 Å². The lowest BCUT2D eigenvalue weighted by Gasteiger charge is -2.00. The maximum absolute atomic E-state index is 3.71. The normalized spacial score (nSPS) is 9.00. The molecular formula is C5H9N3S. The Kier molecular flexibility index (Phi) is 4.72. The average molecular weight is 143 g/mol. The summed E-state index contributed by atoms with van der Waals surface area (Å²) in [5.41, 5.74) is 3.88.